The van der Waals surface area contributed by atoms with Crippen molar-refractivity contribution >= 4 is 11.6 Å². The van der Waals surface area contributed by atoms with Gasteiger partial charge in [-0.05, 0) is 38.1 Å². The smallest absolute Gasteiger partial charge is 0.280 e. The monoisotopic (exact) mass is 389 g/mol. The molecule has 1 aliphatic heterocycles. The normalized spacial score (nSPS) is 14.7. The molecule has 0 unspecified atom stereocenters. The molecule has 0 spiro atoms. The van der Waals surface area contributed by atoms with Gasteiger partial charge in [0.05, 0.1) is 33.1 Å². The van der Waals surface area contributed by atoms with Gasteiger partial charge in [-0.2, -0.15) is 0 Å². The van der Waals surface area contributed by atoms with E-state index in [-0.39, 0.29) is 11.9 Å². The number of nitrogens with one attached hydrogen (secondary N) is 1. The number of aromatic nitrogens is 3. The third-order valence-electron chi connectivity index (χ3n) is 4.86. The summed E-state index contributed by atoms with van der Waals surface area (Å²) in [5, 5.41) is 11.6. The summed E-state index contributed by atoms with van der Waals surface area (Å²) in [6.45, 7) is 2.66. The fraction of sp³-hybridized carbons (Fsp3) is 0.526. The van der Waals surface area contributed by atoms with E-state index >= 15 is 0 Å². The van der Waals surface area contributed by atoms with Crippen LogP contribution in [0.15, 0.2) is 24.4 Å². The number of piperidine rings is 1. The second-order valence-electron chi connectivity index (χ2n) is 6.55. The Hall–Kier alpha value is -2.65. The maximum atomic E-state index is 13.2. The molecule has 0 saturated carbocycles. The highest BCUT2D eigenvalue weighted by Gasteiger charge is 2.24. The Bertz CT molecular complexity index is 788. The number of carbonyl (C=O) groups is 1. The molecule has 1 fully saturated rings. The van der Waals surface area contributed by atoms with E-state index in [1.165, 1.54) is 0 Å². The Balaban J connectivity index is 1.85. The van der Waals surface area contributed by atoms with Crippen LogP contribution in [0.5, 0.6) is 11.5 Å². The van der Waals surface area contributed by atoms with Crippen LogP contribution in [0.25, 0.3) is 0 Å². The van der Waals surface area contributed by atoms with Gasteiger partial charge in [-0.1, -0.05) is 5.21 Å². The van der Waals surface area contributed by atoms with Crippen LogP contribution in [-0.4, -0.2) is 68.5 Å². The predicted molar refractivity (Wildman–Crippen MR) is 104 cm³/mol. The van der Waals surface area contributed by atoms with Gasteiger partial charge in [0.2, 0.25) is 0 Å². The first-order chi connectivity index (χ1) is 13.7. The maximum absolute atomic E-state index is 13.2. The number of rotatable bonds is 8. The first kappa shape index (κ1) is 20.1. The van der Waals surface area contributed by atoms with Crippen LogP contribution in [0.4, 0.5) is 5.69 Å². The lowest BCUT2D eigenvalue weighted by atomic mass is 10.1. The molecule has 0 atom stereocenters. The number of hydrogen-bond acceptors (Lipinski definition) is 7. The van der Waals surface area contributed by atoms with Crippen molar-refractivity contribution in [3.63, 3.8) is 0 Å². The highest BCUT2D eigenvalue weighted by molar-refractivity contribution is 6.04. The van der Waals surface area contributed by atoms with Gasteiger partial charge in [-0.3, -0.25) is 4.79 Å². The Labute approximate surface area is 164 Å². The topological polar surface area (TPSA) is 90.7 Å². The fourth-order valence-corrected chi connectivity index (χ4v) is 3.29. The molecule has 2 heterocycles. The predicted octanol–water partition coefficient (Wildman–Crippen LogP) is 1.51. The molecule has 0 bridgehead atoms. The molecule has 0 radical (unpaired) electrons. The number of amides is 1. The zero-order chi connectivity index (χ0) is 19.9. The van der Waals surface area contributed by atoms with Crippen molar-refractivity contribution in [3.05, 3.63) is 30.1 Å². The minimum atomic E-state index is -0.232. The third kappa shape index (κ3) is 4.42. The largest absolute Gasteiger partial charge is 0.493 e. The summed E-state index contributed by atoms with van der Waals surface area (Å²) < 4.78 is 17.6. The highest BCUT2D eigenvalue weighted by atomic mass is 16.5. The summed E-state index contributed by atoms with van der Waals surface area (Å²) >= 11 is 0. The lowest BCUT2D eigenvalue weighted by Crippen LogP contribution is -2.34. The van der Waals surface area contributed by atoms with E-state index < -0.39 is 0 Å². The number of anilines is 1. The van der Waals surface area contributed by atoms with Gasteiger partial charge >= 0.3 is 0 Å². The summed E-state index contributed by atoms with van der Waals surface area (Å²) in [6.07, 6.45) is 3.68. The third-order valence-corrected chi connectivity index (χ3v) is 4.86. The Kier molecular flexibility index (Phi) is 6.83. The molecule has 28 heavy (non-hydrogen) atoms. The Morgan fingerprint density at radius 1 is 1.21 bits per heavy atom. The maximum Gasteiger partial charge on any atom is 0.280 e. The van der Waals surface area contributed by atoms with E-state index in [1.54, 1.807) is 49.2 Å². The number of ether oxygens (including phenoxy) is 3. The minimum Gasteiger partial charge on any atom is -0.493 e. The lowest BCUT2D eigenvalue weighted by molar-refractivity contribution is 0.0971. The number of hydrogen-bond donors (Lipinski definition) is 1. The van der Waals surface area contributed by atoms with Crippen LogP contribution in [-0.2, 0) is 4.74 Å². The lowest BCUT2D eigenvalue weighted by Gasteiger charge is -2.23. The van der Waals surface area contributed by atoms with E-state index in [0.717, 1.165) is 25.9 Å². The molecule has 1 aliphatic rings. The van der Waals surface area contributed by atoms with Crippen LogP contribution in [0, 0.1) is 0 Å². The zero-order valence-corrected chi connectivity index (χ0v) is 16.6. The Morgan fingerprint density at radius 2 is 1.96 bits per heavy atom. The van der Waals surface area contributed by atoms with Gasteiger partial charge < -0.3 is 24.4 Å². The van der Waals surface area contributed by atoms with E-state index in [9.17, 15) is 4.79 Å². The van der Waals surface area contributed by atoms with E-state index in [2.05, 4.69) is 15.6 Å². The first-order valence-corrected chi connectivity index (χ1v) is 9.33. The molecule has 1 saturated heterocycles. The average Bonchev–Trinajstić information content (AvgIpc) is 3.24. The van der Waals surface area contributed by atoms with Gasteiger partial charge in [0.15, 0.2) is 17.2 Å². The molecular formula is C19H27N5O4. The van der Waals surface area contributed by atoms with Gasteiger partial charge in [-0.15, -0.1) is 5.10 Å². The van der Waals surface area contributed by atoms with Crippen molar-refractivity contribution in [2.45, 2.75) is 18.9 Å². The molecule has 152 valence electrons. The van der Waals surface area contributed by atoms with E-state index in [1.807, 2.05) is 6.07 Å². The molecule has 0 aliphatic carbocycles. The molecule has 1 aromatic heterocycles. The van der Waals surface area contributed by atoms with Crippen molar-refractivity contribution in [1.29, 1.82) is 0 Å². The second kappa shape index (κ2) is 9.52. The summed E-state index contributed by atoms with van der Waals surface area (Å²) in [5.41, 5.74) is 0.987. The van der Waals surface area contributed by atoms with Crippen LogP contribution < -0.4 is 19.7 Å². The van der Waals surface area contributed by atoms with Gasteiger partial charge in [0.25, 0.3) is 5.91 Å². The molecule has 9 nitrogen and oxygen atoms in total. The van der Waals surface area contributed by atoms with Gasteiger partial charge in [0, 0.05) is 25.4 Å². The molecule has 2 aromatic rings. The van der Waals surface area contributed by atoms with Crippen LogP contribution in [0.3, 0.4) is 0 Å². The van der Waals surface area contributed by atoms with E-state index in [4.69, 9.17) is 14.2 Å². The second-order valence-corrected chi connectivity index (χ2v) is 6.55. The molecule has 3 rings (SSSR count). The van der Waals surface area contributed by atoms with Crippen molar-refractivity contribution < 1.29 is 19.0 Å². The highest BCUT2D eigenvalue weighted by Crippen LogP contribution is 2.32. The quantitative estimate of drug-likeness (QED) is 0.732. The molecule has 1 N–H and O–H groups in total. The summed E-state index contributed by atoms with van der Waals surface area (Å²) in [5.74, 6) is 0.917. The number of nitrogens with zero attached hydrogens (tertiary/aromatic N) is 4. The minimum absolute atomic E-state index is 0.232. The molecule has 1 aromatic carbocycles. The zero-order valence-electron chi connectivity index (χ0n) is 16.6. The summed E-state index contributed by atoms with van der Waals surface area (Å²) in [7, 11) is 4.74. The first-order valence-electron chi connectivity index (χ1n) is 9.33. The van der Waals surface area contributed by atoms with Crippen LogP contribution in [0.2, 0.25) is 0 Å². The van der Waals surface area contributed by atoms with Crippen LogP contribution >= 0.6 is 0 Å². The summed E-state index contributed by atoms with van der Waals surface area (Å²) in [4.78, 5) is 14.8. The van der Waals surface area contributed by atoms with Crippen molar-refractivity contribution in [1.82, 2.24) is 20.3 Å². The van der Waals surface area contributed by atoms with Crippen LogP contribution in [0.1, 0.15) is 29.4 Å². The molecule has 1 amide bonds. The number of carbonyl (C=O) groups excluding carboxylic acids is 1. The SMILES string of the molecule is COCCN(C(=O)c1cn(C2CCNCC2)nn1)c1ccc(OC)c(OC)c1. The molecular weight excluding hydrogens is 362 g/mol. The average molecular weight is 389 g/mol. The van der Waals surface area contributed by atoms with Gasteiger partial charge in [0.1, 0.15) is 0 Å². The van der Waals surface area contributed by atoms with Crippen molar-refractivity contribution in [2.75, 3.05) is 52.5 Å². The standard InChI is InChI=1S/C19H27N5O4/c1-26-11-10-23(15-4-5-17(27-2)18(12-15)28-3)19(25)16-13-24(22-21-16)14-6-8-20-9-7-14/h4-5,12-14,20H,6-11H2,1-3H3. The van der Waals surface area contributed by atoms with Crippen molar-refractivity contribution in [2.24, 2.45) is 0 Å². The number of benzene rings is 1. The Morgan fingerprint density at radius 3 is 2.64 bits per heavy atom. The number of methoxy groups -OCH3 is 3. The molecule has 9 heteroatoms. The summed E-state index contributed by atoms with van der Waals surface area (Å²) in [6, 6.07) is 5.62. The van der Waals surface area contributed by atoms with Gasteiger partial charge in [-0.25, -0.2) is 4.68 Å². The fourth-order valence-electron chi connectivity index (χ4n) is 3.29. The van der Waals surface area contributed by atoms with E-state index in [0.29, 0.717) is 36.0 Å². The van der Waals surface area contributed by atoms with Crippen molar-refractivity contribution in [3.8, 4) is 11.5 Å².